The average Bonchev–Trinajstić information content (AvgIpc) is 2.57. The molecule has 8 heteroatoms. The molecule has 0 radical (unpaired) electrons. The molecule has 0 saturated carbocycles. The number of nitro groups is 1. The van der Waals surface area contributed by atoms with Gasteiger partial charge in [0.1, 0.15) is 5.75 Å². The average molecular weight is 344 g/mol. The van der Waals surface area contributed by atoms with Crippen LogP contribution in [0.15, 0.2) is 36.4 Å². The summed E-state index contributed by atoms with van der Waals surface area (Å²) in [6.07, 6.45) is -0.831. The summed E-state index contributed by atoms with van der Waals surface area (Å²) < 4.78 is 9.78. The monoisotopic (exact) mass is 344 g/mol. The van der Waals surface area contributed by atoms with Crippen LogP contribution in [0.3, 0.4) is 0 Å². The number of hydrogen-bond acceptors (Lipinski definition) is 6. The van der Waals surface area contributed by atoms with Crippen LogP contribution in [0.25, 0.3) is 0 Å². The fourth-order valence-corrected chi connectivity index (χ4v) is 2.08. The van der Waals surface area contributed by atoms with Crippen LogP contribution in [-0.2, 0) is 4.74 Å². The molecule has 25 heavy (non-hydrogen) atoms. The lowest BCUT2D eigenvalue weighted by atomic mass is 10.0. The number of benzene rings is 2. The third-order valence-electron chi connectivity index (χ3n) is 3.53. The Morgan fingerprint density at radius 2 is 1.68 bits per heavy atom. The number of ether oxygens (including phenoxy) is 2. The molecule has 0 bridgehead atoms. The van der Waals surface area contributed by atoms with Gasteiger partial charge >= 0.3 is 12.1 Å². The van der Waals surface area contributed by atoms with E-state index in [4.69, 9.17) is 9.47 Å². The molecule has 0 aromatic heterocycles. The topological polar surface area (TPSA) is 108 Å². The van der Waals surface area contributed by atoms with E-state index in [1.807, 2.05) is 13.8 Å². The summed E-state index contributed by atoms with van der Waals surface area (Å²) in [6.45, 7) is 3.67. The van der Waals surface area contributed by atoms with E-state index in [1.54, 1.807) is 12.1 Å². The van der Waals surface area contributed by atoms with Crippen LogP contribution in [0, 0.1) is 24.0 Å². The van der Waals surface area contributed by atoms with Crippen molar-refractivity contribution >= 4 is 23.4 Å². The van der Waals surface area contributed by atoms with E-state index in [0.717, 1.165) is 11.1 Å². The highest BCUT2D eigenvalue weighted by Crippen LogP contribution is 2.23. The Bertz CT molecular complexity index is 830. The fourth-order valence-electron chi connectivity index (χ4n) is 2.08. The van der Waals surface area contributed by atoms with Crippen molar-refractivity contribution in [2.75, 3.05) is 12.4 Å². The number of amides is 1. The summed E-state index contributed by atoms with van der Waals surface area (Å²) in [5.74, 6) is -0.458. The van der Waals surface area contributed by atoms with Crippen LogP contribution in [0.2, 0.25) is 0 Å². The third kappa shape index (κ3) is 4.31. The second-order valence-electron chi connectivity index (χ2n) is 5.24. The summed E-state index contributed by atoms with van der Waals surface area (Å²) in [7, 11) is 1.25. The molecule has 0 spiro atoms. The van der Waals surface area contributed by atoms with Crippen molar-refractivity contribution in [1.29, 1.82) is 0 Å². The normalized spacial score (nSPS) is 10.0. The summed E-state index contributed by atoms with van der Waals surface area (Å²) >= 11 is 0. The Balaban J connectivity index is 2.18. The number of nitrogens with zero attached hydrogens (tertiary/aromatic N) is 1. The first-order chi connectivity index (χ1) is 11.8. The molecule has 0 aliphatic heterocycles. The second-order valence-corrected chi connectivity index (χ2v) is 5.24. The minimum atomic E-state index is -0.831. The van der Waals surface area contributed by atoms with Crippen molar-refractivity contribution in [3.8, 4) is 5.75 Å². The van der Waals surface area contributed by atoms with Crippen LogP contribution in [-0.4, -0.2) is 24.1 Å². The first-order valence-corrected chi connectivity index (χ1v) is 7.24. The smallest absolute Gasteiger partial charge is 0.417 e. The lowest BCUT2D eigenvalue weighted by molar-refractivity contribution is -0.384. The van der Waals surface area contributed by atoms with Gasteiger partial charge < -0.3 is 9.47 Å². The first kappa shape index (κ1) is 17.9. The van der Waals surface area contributed by atoms with Gasteiger partial charge in [0.2, 0.25) is 0 Å². The Hall–Kier alpha value is -3.42. The van der Waals surface area contributed by atoms with E-state index in [0.29, 0.717) is 0 Å². The number of aryl methyl sites for hydroxylation is 2. The number of anilines is 1. The summed E-state index contributed by atoms with van der Waals surface area (Å²) in [4.78, 5) is 34.0. The number of esters is 1. The molecule has 0 saturated heterocycles. The number of carbonyl (C=O) groups is 2. The van der Waals surface area contributed by atoms with E-state index < -0.39 is 17.0 Å². The zero-order valence-electron chi connectivity index (χ0n) is 13.9. The number of methoxy groups -OCH3 is 1. The van der Waals surface area contributed by atoms with Gasteiger partial charge in [-0.25, -0.2) is 9.59 Å². The minimum absolute atomic E-state index is 0.116. The molecule has 0 aliphatic rings. The Morgan fingerprint density at radius 3 is 2.24 bits per heavy atom. The van der Waals surface area contributed by atoms with Gasteiger partial charge in [0, 0.05) is 12.1 Å². The molecule has 0 atom stereocenters. The highest BCUT2D eigenvalue weighted by molar-refractivity contribution is 6.00. The molecule has 1 N–H and O–H groups in total. The van der Waals surface area contributed by atoms with Gasteiger partial charge in [-0.2, -0.15) is 0 Å². The lowest BCUT2D eigenvalue weighted by Gasteiger charge is -2.12. The molecule has 130 valence electrons. The molecule has 0 fully saturated rings. The van der Waals surface area contributed by atoms with E-state index in [2.05, 4.69) is 5.32 Å². The van der Waals surface area contributed by atoms with E-state index in [1.165, 1.54) is 31.4 Å². The van der Waals surface area contributed by atoms with E-state index in [-0.39, 0.29) is 22.7 Å². The van der Waals surface area contributed by atoms with Crippen molar-refractivity contribution < 1.29 is 24.0 Å². The number of non-ortho nitro benzene ring substituents is 1. The molecule has 2 aromatic carbocycles. The third-order valence-corrected chi connectivity index (χ3v) is 3.53. The van der Waals surface area contributed by atoms with Gasteiger partial charge in [0.25, 0.3) is 5.69 Å². The Morgan fingerprint density at radius 1 is 1.08 bits per heavy atom. The van der Waals surface area contributed by atoms with Gasteiger partial charge in [0.05, 0.1) is 23.3 Å². The maximum absolute atomic E-state index is 12.0. The predicted molar refractivity (Wildman–Crippen MR) is 90.0 cm³/mol. The molecule has 2 aromatic rings. The molecule has 1 amide bonds. The summed E-state index contributed by atoms with van der Waals surface area (Å²) in [5.41, 5.74) is 2.08. The minimum Gasteiger partial charge on any atom is -0.465 e. The maximum atomic E-state index is 12.0. The van der Waals surface area contributed by atoms with Gasteiger partial charge in [-0.15, -0.1) is 0 Å². The van der Waals surface area contributed by atoms with Gasteiger partial charge in [-0.3, -0.25) is 15.4 Å². The Kier molecular flexibility index (Phi) is 5.33. The van der Waals surface area contributed by atoms with Crippen molar-refractivity contribution in [3.05, 3.63) is 63.2 Å². The van der Waals surface area contributed by atoms with E-state index >= 15 is 0 Å². The molecule has 0 aliphatic carbocycles. The zero-order chi connectivity index (χ0) is 18.6. The highest BCUT2D eigenvalue weighted by Gasteiger charge is 2.17. The van der Waals surface area contributed by atoms with Gasteiger partial charge in [-0.1, -0.05) is 0 Å². The van der Waals surface area contributed by atoms with Crippen LogP contribution >= 0.6 is 0 Å². The fraction of sp³-hybridized carbons (Fsp3) is 0.176. The van der Waals surface area contributed by atoms with Crippen molar-refractivity contribution in [2.24, 2.45) is 0 Å². The number of carbonyl (C=O) groups excluding carboxylic acids is 2. The number of rotatable bonds is 4. The molecular formula is C17H16N2O6. The van der Waals surface area contributed by atoms with Crippen LogP contribution < -0.4 is 10.1 Å². The second kappa shape index (κ2) is 7.43. The van der Waals surface area contributed by atoms with E-state index in [9.17, 15) is 19.7 Å². The maximum Gasteiger partial charge on any atom is 0.417 e. The standard InChI is InChI=1S/C17H16N2O6/c1-10-8-14(16(20)24-3)15(9-11(10)2)18-17(21)25-13-6-4-12(5-7-13)19(22)23/h4-9H,1-3H3,(H,18,21). The molecule has 8 nitrogen and oxygen atoms in total. The largest absolute Gasteiger partial charge is 0.465 e. The number of hydrogen-bond donors (Lipinski definition) is 1. The zero-order valence-corrected chi connectivity index (χ0v) is 13.9. The van der Waals surface area contributed by atoms with Gasteiger partial charge in [-0.05, 0) is 49.2 Å². The SMILES string of the molecule is COC(=O)c1cc(C)c(C)cc1NC(=O)Oc1ccc([N+](=O)[O-])cc1. The lowest BCUT2D eigenvalue weighted by Crippen LogP contribution is -2.19. The Labute approximate surface area is 143 Å². The van der Waals surface area contributed by atoms with Crippen LogP contribution in [0.5, 0.6) is 5.75 Å². The quantitative estimate of drug-likeness (QED) is 0.516. The summed E-state index contributed by atoms with van der Waals surface area (Å²) in [6, 6.07) is 8.30. The van der Waals surface area contributed by atoms with Crippen molar-refractivity contribution in [3.63, 3.8) is 0 Å². The predicted octanol–water partition coefficient (Wildman–Crippen LogP) is 3.61. The van der Waals surface area contributed by atoms with Crippen LogP contribution in [0.4, 0.5) is 16.2 Å². The molecule has 2 rings (SSSR count). The van der Waals surface area contributed by atoms with Crippen LogP contribution in [0.1, 0.15) is 21.5 Å². The van der Waals surface area contributed by atoms with Crippen molar-refractivity contribution in [2.45, 2.75) is 13.8 Å². The first-order valence-electron chi connectivity index (χ1n) is 7.24. The van der Waals surface area contributed by atoms with Crippen molar-refractivity contribution in [1.82, 2.24) is 0 Å². The summed E-state index contributed by atoms with van der Waals surface area (Å²) in [5, 5.41) is 13.1. The highest BCUT2D eigenvalue weighted by atomic mass is 16.6. The molecule has 0 unspecified atom stereocenters. The van der Waals surface area contributed by atoms with Gasteiger partial charge in [0.15, 0.2) is 0 Å². The molecular weight excluding hydrogens is 328 g/mol. The molecule has 0 heterocycles. The number of nitrogens with one attached hydrogen (secondary N) is 1. The number of nitro benzene ring substituents is 1.